The van der Waals surface area contributed by atoms with E-state index in [-0.39, 0.29) is 17.5 Å². The summed E-state index contributed by atoms with van der Waals surface area (Å²) in [5.41, 5.74) is 5.50. The number of nitrogens with zero attached hydrogens (tertiary/aromatic N) is 1. The SMILES string of the molecule is CC(=O)C1=C(c2ccc(F)cc2)Cc2cc(NCCCF)c(-c3cccc(C(=O)NC(C)(C)C#N)c3)cc21. The summed E-state index contributed by atoms with van der Waals surface area (Å²) in [6.45, 7) is 4.72. The molecule has 3 aromatic carbocycles. The number of alkyl halides is 1. The fourth-order valence-electron chi connectivity index (χ4n) is 4.65. The molecule has 0 spiro atoms. The van der Waals surface area contributed by atoms with Crippen molar-refractivity contribution in [1.29, 1.82) is 5.26 Å². The molecule has 0 heterocycles. The van der Waals surface area contributed by atoms with Crippen molar-refractivity contribution in [2.45, 2.75) is 39.2 Å². The number of hydrogen-bond acceptors (Lipinski definition) is 4. The molecule has 0 saturated heterocycles. The number of hydrogen-bond donors (Lipinski definition) is 2. The van der Waals surface area contributed by atoms with Gasteiger partial charge in [0.1, 0.15) is 11.4 Å². The Morgan fingerprint density at radius 3 is 2.42 bits per heavy atom. The molecular formula is C31H29F2N3O2. The molecule has 2 N–H and O–H groups in total. The van der Waals surface area contributed by atoms with Gasteiger partial charge < -0.3 is 10.6 Å². The summed E-state index contributed by atoms with van der Waals surface area (Å²) in [5, 5.41) is 15.3. The predicted molar refractivity (Wildman–Crippen MR) is 146 cm³/mol. The highest BCUT2D eigenvalue weighted by atomic mass is 19.1. The number of Topliss-reactive ketones (excluding diaryl/α,β-unsaturated/α-hetero) is 1. The van der Waals surface area contributed by atoms with Crippen LogP contribution in [-0.2, 0) is 11.2 Å². The smallest absolute Gasteiger partial charge is 0.252 e. The number of rotatable bonds is 9. The minimum atomic E-state index is -1.03. The molecule has 1 amide bonds. The first-order valence-corrected chi connectivity index (χ1v) is 12.4. The molecule has 5 nitrogen and oxygen atoms in total. The molecular weight excluding hydrogens is 484 g/mol. The van der Waals surface area contributed by atoms with Crippen molar-refractivity contribution in [2.24, 2.45) is 0 Å². The largest absolute Gasteiger partial charge is 0.384 e. The van der Waals surface area contributed by atoms with Gasteiger partial charge in [-0.2, -0.15) is 5.26 Å². The van der Waals surface area contributed by atoms with Crippen molar-refractivity contribution in [3.8, 4) is 17.2 Å². The summed E-state index contributed by atoms with van der Waals surface area (Å²) in [6, 6.07) is 19.1. The number of nitrogens with one attached hydrogen (secondary N) is 2. The Morgan fingerprint density at radius 2 is 1.76 bits per heavy atom. The first kappa shape index (κ1) is 26.7. The average molecular weight is 514 g/mol. The molecule has 0 aromatic heterocycles. The van der Waals surface area contributed by atoms with E-state index < -0.39 is 12.2 Å². The van der Waals surface area contributed by atoms with Crippen molar-refractivity contribution in [3.05, 3.63) is 88.7 Å². The summed E-state index contributed by atoms with van der Waals surface area (Å²) in [4.78, 5) is 25.7. The standard InChI is InChI=1S/C31H29F2N3O2/c1-19(37)29-26(20-8-10-24(33)11-9-20)15-23-16-28(35-13-5-12-32)25(17-27(23)29)21-6-4-7-22(14-21)30(38)36-31(2,3)18-34/h4,6-11,14,16-17,35H,5,12-13,15H2,1-3H3,(H,36,38). The number of allylic oxidation sites excluding steroid dienone is 2. The minimum absolute atomic E-state index is 0.0981. The van der Waals surface area contributed by atoms with Gasteiger partial charge in [-0.15, -0.1) is 0 Å². The fraction of sp³-hybridized carbons (Fsp3) is 0.258. The zero-order chi connectivity index (χ0) is 27.4. The zero-order valence-corrected chi connectivity index (χ0v) is 21.6. The Labute approximate surface area is 221 Å². The Balaban J connectivity index is 1.82. The van der Waals surface area contributed by atoms with E-state index in [1.54, 1.807) is 44.2 Å². The third-order valence-electron chi connectivity index (χ3n) is 6.49. The number of ketones is 1. The van der Waals surface area contributed by atoms with Crippen LogP contribution < -0.4 is 10.6 Å². The van der Waals surface area contributed by atoms with Crippen molar-refractivity contribution in [1.82, 2.24) is 5.32 Å². The van der Waals surface area contributed by atoms with Gasteiger partial charge in [0, 0.05) is 28.9 Å². The summed E-state index contributed by atoms with van der Waals surface area (Å²) in [5.74, 6) is -0.827. The van der Waals surface area contributed by atoms with Gasteiger partial charge in [-0.25, -0.2) is 4.39 Å². The lowest BCUT2D eigenvalue weighted by atomic mass is 9.93. The second-order valence-electron chi connectivity index (χ2n) is 9.89. The first-order valence-electron chi connectivity index (χ1n) is 12.4. The summed E-state index contributed by atoms with van der Waals surface area (Å²) < 4.78 is 26.4. The van der Waals surface area contributed by atoms with Gasteiger partial charge in [0.2, 0.25) is 0 Å². The summed E-state index contributed by atoms with van der Waals surface area (Å²) >= 11 is 0. The quantitative estimate of drug-likeness (QED) is 0.327. The fourth-order valence-corrected chi connectivity index (χ4v) is 4.65. The van der Waals surface area contributed by atoms with Crippen LogP contribution in [0.15, 0.2) is 60.7 Å². The molecule has 0 saturated carbocycles. The van der Waals surface area contributed by atoms with Gasteiger partial charge >= 0.3 is 0 Å². The maximum Gasteiger partial charge on any atom is 0.252 e. The molecule has 0 radical (unpaired) electrons. The Bertz CT molecular complexity index is 1470. The molecule has 1 aliphatic carbocycles. The number of carbonyl (C=O) groups excluding carboxylic acids is 2. The Kier molecular flexibility index (Phi) is 7.72. The van der Waals surface area contributed by atoms with Gasteiger partial charge in [-0.3, -0.25) is 14.0 Å². The van der Waals surface area contributed by atoms with Crippen LogP contribution in [0.5, 0.6) is 0 Å². The molecule has 0 fully saturated rings. The maximum absolute atomic E-state index is 13.6. The van der Waals surface area contributed by atoms with E-state index in [0.29, 0.717) is 30.5 Å². The van der Waals surface area contributed by atoms with E-state index in [9.17, 15) is 23.6 Å². The molecule has 3 aromatic rings. The minimum Gasteiger partial charge on any atom is -0.384 e. The van der Waals surface area contributed by atoms with Crippen molar-refractivity contribution >= 4 is 28.5 Å². The highest BCUT2D eigenvalue weighted by Gasteiger charge is 2.28. The number of nitriles is 1. The number of carbonyl (C=O) groups is 2. The molecule has 0 aliphatic heterocycles. The van der Waals surface area contributed by atoms with E-state index in [0.717, 1.165) is 39.1 Å². The second-order valence-corrected chi connectivity index (χ2v) is 9.89. The van der Waals surface area contributed by atoms with Crippen LogP contribution in [0.25, 0.3) is 22.3 Å². The molecule has 7 heteroatoms. The van der Waals surface area contributed by atoms with E-state index in [1.807, 2.05) is 18.2 Å². The Hall–Kier alpha value is -4.31. The molecule has 0 bridgehead atoms. The second kappa shape index (κ2) is 11.0. The van der Waals surface area contributed by atoms with Crippen LogP contribution in [-0.4, -0.2) is 30.4 Å². The topological polar surface area (TPSA) is 82.0 Å². The molecule has 194 valence electrons. The third kappa shape index (κ3) is 5.65. The van der Waals surface area contributed by atoms with Gasteiger partial charge in [-0.1, -0.05) is 24.3 Å². The predicted octanol–water partition coefficient (Wildman–Crippen LogP) is 6.35. The van der Waals surface area contributed by atoms with Crippen LogP contribution in [0.1, 0.15) is 54.2 Å². The number of fused-ring (bicyclic) bond motifs is 1. The van der Waals surface area contributed by atoms with Gasteiger partial charge in [-0.05, 0) is 97.8 Å². The number of anilines is 1. The van der Waals surface area contributed by atoms with Crippen LogP contribution in [0.4, 0.5) is 14.5 Å². The number of halogens is 2. The highest BCUT2D eigenvalue weighted by Crippen LogP contribution is 2.43. The monoisotopic (exact) mass is 513 g/mol. The van der Waals surface area contributed by atoms with Gasteiger partial charge in [0.25, 0.3) is 5.91 Å². The van der Waals surface area contributed by atoms with Gasteiger partial charge in [0.15, 0.2) is 5.78 Å². The van der Waals surface area contributed by atoms with Gasteiger partial charge in [0.05, 0.1) is 12.7 Å². The Morgan fingerprint density at radius 1 is 1.03 bits per heavy atom. The van der Waals surface area contributed by atoms with E-state index in [1.165, 1.54) is 19.1 Å². The lowest BCUT2D eigenvalue weighted by molar-refractivity contribution is -0.111. The third-order valence-corrected chi connectivity index (χ3v) is 6.49. The molecule has 0 unspecified atom stereocenters. The summed E-state index contributed by atoms with van der Waals surface area (Å²) in [7, 11) is 0. The highest BCUT2D eigenvalue weighted by molar-refractivity contribution is 6.29. The first-order chi connectivity index (χ1) is 18.1. The maximum atomic E-state index is 13.6. The van der Waals surface area contributed by atoms with Crippen molar-refractivity contribution in [3.63, 3.8) is 0 Å². The van der Waals surface area contributed by atoms with Crippen LogP contribution in [0.3, 0.4) is 0 Å². The van der Waals surface area contributed by atoms with Crippen molar-refractivity contribution < 1.29 is 18.4 Å². The van der Waals surface area contributed by atoms with Crippen LogP contribution in [0, 0.1) is 17.1 Å². The van der Waals surface area contributed by atoms with Crippen LogP contribution in [0.2, 0.25) is 0 Å². The van der Waals surface area contributed by atoms with E-state index in [2.05, 4.69) is 16.7 Å². The molecule has 1 aliphatic rings. The summed E-state index contributed by atoms with van der Waals surface area (Å²) in [6.07, 6.45) is 0.833. The molecule has 4 rings (SSSR count). The zero-order valence-electron chi connectivity index (χ0n) is 21.6. The van der Waals surface area contributed by atoms with Crippen LogP contribution >= 0.6 is 0 Å². The number of amides is 1. The van der Waals surface area contributed by atoms with E-state index in [4.69, 9.17) is 0 Å². The van der Waals surface area contributed by atoms with E-state index >= 15 is 0 Å². The molecule has 38 heavy (non-hydrogen) atoms. The number of benzene rings is 3. The lowest BCUT2D eigenvalue weighted by Crippen LogP contribution is -2.42. The lowest BCUT2D eigenvalue weighted by Gasteiger charge is -2.19. The normalized spacial score (nSPS) is 12.6. The molecule has 0 atom stereocenters. The van der Waals surface area contributed by atoms with Crippen molar-refractivity contribution in [2.75, 3.05) is 18.5 Å². The average Bonchev–Trinajstić information content (AvgIpc) is 3.27.